The van der Waals surface area contributed by atoms with Crippen LogP contribution in [0.1, 0.15) is 12.8 Å². The molecule has 1 rings (SSSR count). The van der Waals surface area contributed by atoms with Gasteiger partial charge in [-0.05, 0) is 12.8 Å². The molecule has 14 heavy (non-hydrogen) atoms. The van der Waals surface area contributed by atoms with Gasteiger partial charge in [-0.1, -0.05) is 0 Å². The number of sulfone groups is 1. The lowest BCUT2D eigenvalue weighted by Crippen LogP contribution is -2.43. The molecule has 1 aliphatic heterocycles. The molecule has 0 aromatic rings. The van der Waals surface area contributed by atoms with E-state index in [2.05, 4.69) is 5.32 Å². The number of carbonyl (C=O) groups excluding carboxylic acids is 1. The van der Waals surface area contributed by atoms with Gasteiger partial charge in [0, 0.05) is 6.04 Å². The van der Waals surface area contributed by atoms with Gasteiger partial charge in [-0.15, -0.1) is 0 Å². The number of amides is 1. The van der Waals surface area contributed by atoms with E-state index in [9.17, 15) is 22.0 Å². The minimum atomic E-state index is -3.03. The van der Waals surface area contributed by atoms with Crippen LogP contribution in [0, 0.1) is 0 Å². The third-order valence-corrected chi connectivity index (χ3v) is 3.81. The van der Waals surface area contributed by atoms with E-state index < -0.39 is 28.2 Å². The summed E-state index contributed by atoms with van der Waals surface area (Å²) < 4.78 is 45.5. The van der Waals surface area contributed by atoms with Gasteiger partial charge in [-0.3, -0.25) is 4.79 Å². The van der Waals surface area contributed by atoms with Gasteiger partial charge in [0.1, 0.15) is 9.84 Å². The van der Waals surface area contributed by atoms with Crippen LogP contribution >= 0.6 is 0 Å². The molecular formula is C7H11F2NO3S. The molecular weight excluding hydrogens is 216 g/mol. The van der Waals surface area contributed by atoms with Crippen LogP contribution < -0.4 is 5.32 Å². The molecule has 0 aliphatic carbocycles. The first kappa shape index (κ1) is 11.4. The van der Waals surface area contributed by atoms with E-state index in [0.717, 1.165) is 0 Å². The average Bonchev–Trinajstić information content (AvgIpc) is 2.08. The van der Waals surface area contributed by atoms with E-state index >= 15 is 0 Å². The Bertz CT molecular complexity index is 301. The Balaban J connectivity index is 2.40. The van der Waals surface area contributed by atoms with Crippen molar-refractivity contribution in [2.75, 3.05) is 11.5 Å². The molecule has 0 saturated carbocycles. The molecule has 0 unspecified atom stereocenters. The summed E-state index contributed by atoms with van der Waals surface area (Å²) in [5.41, 5.74) is 0. The van der Waals surface area contributed by atoms with E-state index in [1.54, 1.807) is 0 Å². The summed E-state index contributed by atoms with van der Waals surface area (Å²) in [7, 11) is -3.01. The molecule has 4 nitrogen and oxygen atoms in total. The summed E-state index contributed by atoms with van der Waals surface area (Å²) in [4.78, 5) is 10.6. The normalized spacial score (nSPS) is 22.2. The SMILES string of the molecule is O=C(NC1CCS(=O)(=O)CC1)C(F)F. The zero-order chi connectivity index (χ0) is 10.8. The molecule has 1 amide bonds. The van der Waals surface area contributed by atoms with Crippen LogP contribution in [-0.4, -0.2) is 38.3 Å². The Morgan fingerprint density at radius 2 is 1.79 bits per heavy atom. The number of halogens is 2. The first-order valence-electron chi connectivity index (χ1n) is 4.20. The standard InChI is InChI=1S/C7H11F2NO3S/c8-6(9)7(11)10-5-1-3-14(12,13)4-2-5/h5-6H,1-4H2,(H,10,11). The predicted octanol–water partition coefficient (Wildman–Crippen LogP) is -0.0551. The van der Waals surface area contributed by atoms with Gasteiger partial charge in [0.15, 0.2) is 0 Å². The van der Waals surface area contributed by atoms with Crippen molar-refractivity contribution in [1.82, 2.24) is 5.32 Å². The molecule has 0 atom stereocenters. The molecule has 0 bridgehead atoms. The van der Waals surface area contributed by atoms with Crippen LogP contribution in [0.25, 0.3) is 0 Å². The first-order valence-corrected chi connectivity index (χ1v) is 6.02. The third-order valence-electron chi connectivity index (χ3n) is 2.10. The van der Waals surface area contributed by atoms with Crippen molar-refractivity contribution in [3.63, 3.8) is 0 Å². The summed E-state index contributed by atoms with van der Waals surface area (Å²) in [6.07, 6.45) is -2.59. The minimum absolute atomic E-state index is 0.0405. The molecule has 0 spiro atoms. The highest BCUT2D eigenvalue weighted by atomic mass is 32.2. The monoisotopic (exact) mass is 227 g/mol. The summed E-state index contributed by atoms with van der Waals surface area (Å²) in [6.45, 7) is 0. The second-order valence-electron chi connectivity index (χ2n) is 3.24. The highest BCUT2D eigenvalue weighted by Crippen LogP contribution is 2.12. The lowest BCUT2D eigenvalue weighted by Gasteiger charge is -2.22. The Hall–Kier alpha value is -0.720. The quantitative estimate of drug-likeness (QED) is 0.719. The van der Waals surface area contributed by atoms with Gasteiger partial charge < -0.3 is 5.32 Å². The molecule has 0 radical (unpaired) electrons. The second-order valence-corrected chi connectivity index (χ2v) is 5.54. The van der Waals surface area contributed by atoms with Crippen LogP contribution in [0.15, 0.2) is 0 Å². The van der Waals surface area contributed by atoms with Gasteiger partial charge in [-0.2, -0.15) is 8.78 Å². The van der Waals surface area contributed by atoms with Crippen molar-refractivity contribution in [3.8, 4) is 0 Å². The van der Waals surface area contributed by atoms with Crippen molar-refractivity contribution in [2.45, 2.75) is 25.3 Å². The Morgan fingerprint density at radius 1 is 1.29 bits per heavy atom. The molecule has 0 aromatic carbocycles. The van der Waals surface area contributed by atoms with Crippen molar-refractivity contribution >= 4 is 15.7 Å². The zero-order valence-corrected chi connectivity index (χ0v) is 8.19. The van der Waals surface area contributed by atoms with E-state index in [4.69, 9.17) is 0 Å². The topological polar surface area (TPSA) is 63.2 Å². The van der Waals surface area contributed by atoms with E-state index in [-0.39, 0.29) is 24.3 Å². The highest BCUT2D eigenvalue weighted by molar-refractivity contribution is 7.91. The van der Waals surface area contributed by atoms with Crippen molar-refractivity contribution in [1.29, 1.82) is 0 Å². The highest BCUT2D eigenvalue weighted by Gasteiger charge is 2.26. The zero-order valence-electron chi connectivity index (χ0n) is 7.37. The van der Waals surface area contributed by atoms with E-state index in [1.165, 1.54) is 0 Å². The predicted molar refractivity (Wildman–Crippen MR) is 45.8 cm³/mol. The fourth-order valence-electron chi connectivity index (χ4n) is 1.30. The van der Waals surface area contributed by atoms with Crippen molar-refractivity contribution in [2.24, 2.45) is 0 Å². The molecule has 1 aliphatic rings. The van der Waals surface area contributed by atoms with Gasteiger partial charge >= 0.3 is 6.43 Å². The van der Waals surface area contributed by atoms with Gasteiger partial charge in [0.2, 0.25) is 0 Å². The molecule has 82 valence electrons. The van der Waals surface area contributed by atoms with Crippen LogP contribution in [0.5, 0.6) is 0 Å². The summed E-state index contributed by atoms with van der Waals surface area (Å²) in [5, 5.41) is 2.10. The molecule has 7 heteroatoms. The van der Waals surface area contributed by atoms with Gasteiger partial charge in [-0.25, -0.2) is 8.42 Å². The summed E-state index contributed by atoms with van der Waals surface area (Å²) in [5.74, 6) is -1.41. The lowest BCUT2D eigenvalue weighted by molar-refractivity contribution is -0.132. The number of carbonyl (C=O) groups is 1. The Morgan fingerprint density at radius 3 is 2.21 bits per heavy atom. The van der Waals surface area contributed by atoms with Crippen LogP contribution in [0.3, 0.4) is 0 Å². The largest absolute Gasteiger partial charge is 0.348 e. The number of rotatable bonds is 2. The van der Waals surface area contributed by atoms with E-state index in [0.29, 0.717) is 0 Å². The minimum Gasteiger partial charge on any atom is -0.348 e. The molecule has 0 aromatic heterocycles. The van der Waals surface area contributed by atoms with Crippen molar-refractivity contribution < 1.29 is 22.0 Å². The van der Waals surface area contributed by atoms with E-state index in [1.807, 2.05) is 0 Å². The fourth-order valence-corrected chi connectivity index (χ4v) is 2.79. The first-order chi connectivity index (χ1) is 6.41. The fraction of sp³-hybridized carbons (Fsp3) is 0.857. The maximum atomic E-state index is 11.8. The molecule has 1 heterocycles. The number of hydrogen-bond acceptors (Lipinski definition) is 3. The number of nitrogens with one attached hydrogen (secondary N) is 1. The smallest absolute Gasteiger partial charge is 0.315 e. The van der Waals surface area contributed by atoms with Gasteiger partial charge in [0.25, 0.3) is 5.91 Å². The Kier molecular flexibility index (Phi) is 3.41. The average molecular weight is 227 g/mol. The van der Waals surface area contributed by atoms with Crippen LogP contribution in [0.2, 0.25) is 0 Å². The lowest BCUT2D eigenvalue weighted by atomic mass is 10.1. The Labute approximate surface area is 80.6 Å². The third kappa shape index (κ3) is 3.21. The van der Waals surface area contributed by atoms with Crippen LogP contribution in [-0.2, 0) is 14.6 Å². The maximum absolute atomic E-state index is 11.8. The number of alkyl halides is 2. The summed E-state index contributed by atoms with van der Waals surface area (Å²) in [6, 6.07) is -0.431. The van der Waals surface area contributed by atoms with Gasteiger partial charge in [0.05, 0.1) is 11.5 Å². The van der Waals surface area contributed by atoms with Crippen molar-refractivity contribution in [3.05, 3.63) is 0 Å². The summed E-state index contributed by atoms with van der Waals surface area (Å²) >= 11 is 0. The van der Waals surface area contributed by atoms with Crippen LogP contribution in [0.4, 0.5) is 8.78 Å². The molecule has 1 N–H and O–H groups in total. The number of hydrogen-bond donors (Lipinski definition) is 1. The second kappa shape index (κ2) is 4.20. The molecule has 1 fully saturated rings. The molecule has 1 saturated heterocycles. The maximum Gasteiger partial charge on any atom is 0.315 e.